The molecule has 0 saturated carbocycles. The van der Waals surface area contributed by atoms with Gasteiger partial charge in [-0.2, -0.15) is 0 Å². The van der Waals surface area contributed by atoms with E-state index in [4.69, 9.17) is 4.42 Å². The molecule has 4 heteroatoms. The van der Waals surface area contributed by atoms with E-state index in [9.17, 15) is 9.90 Å². The lowest BCUT2D eigenvalue weighted by Gasteiger charge is -2.34. The number of fused-ring (bicyclic) bond motifs is 1. The van der Waals surface area contributed by atoms with Gasteiger partial charge in [-0.3, -0.25) is 4.90 Å². The SMILES string of the molecule is Cc1ccc2c(CN3CCCC(C(C)O)C3)cc(=O)oc2c1. The molecule has 1 saturated heterocycles. The Hall–Kier alpha value is -1.65. The number of aryl methyl sites for hydroxylation is 1. The van der Waals surface area contributed by atoms with Crippen molar-refractivity contribution in [2.45, 2.75) is 39.3 Å². The lowest BCUT2D eigenvalue weighted by atomic mass is 9.93. The number of likely N-dealkylation sites (tertiary alicyclic amines) is 1. The lowest BCUT2D eigenvalue weighted by Crippen LogP contribution is -2.39. The number of aliphatic hydroxyl groups excluding tert-OH is 1. The van der Waals surface area contributed by atoms with E-state index in [1.165, 1.54) is 0 Å². The molecule has 1 aromatic heterocycles. The Bertz CT molecular complexity index is 720. The number of hydrogen-bond acceptors (Lipinski definition) is 4. The van der Waals surface area contributed by atoms with Crippen molar-refractivity contribution in [2.24, 2.45) is 5.92 Å². The van der Waals surface area contributed by atoms with Gasteiger partial charge in [-0.15, -0.1) is 0 Å². The monoisotopic (exact) mass is 301 g/mol. The first kappa shape index (κ1) is 15.3. The van der Waals surface area contributed by atoms with Crippen LogP contribution in [0.4, 0.5) is 0 Å². The molecule has 22 heavy (non-hydrogen) atoms. The predicted molar refractivity (Wildman–Crippen MR) is 86.9 cm³/mol. The van der Waals surface area contributed by atoms with E-state index in [1.54, 1.807) is 6.07 Å². The molecule has 3 rings (SSSR count). The van der Waals surface area contributed by atoms with Crippen molar-refractivity contribution in [1.82, 2.24) is 4.90 Å². The maximum Gasteiger partial charge on any atom is 0.336 e. The number of piperidine rings is 1. The van der Waals surface area contributed by atoms with Crippen molar-refractivity contribution in [3.05, 3.63) is 45.8 Å². The Morgan fingerprint density at radius 3 is 3.00 bits per heavy atom. The highest BCUT2D eigenvalue weighted by Crippen LogP contribution is 2.24. The largest absolute Gasteiger partial charge is 0.423 e. The molecular weight excluding hydrogens is 278 g/mol. The quantitative estimate of drug-likeness (QED) is 0.886. The highest BCUT2D eigenvalue weighted by atomic mass is 16.4. The maximum absolute atomic E-state index is 11.8. The molecule has 1 N–H and O–H groups in total. The van der Waals surface area contributed by atoms with Crippen LogP contribution >= 0.6 is 0 Å². The first-order valence-electron chi connectivity index (χ1n) is 7.97. The van der Waals surface area contributed by atoms with E-state index in [-0.39, 0.29) is 11.7 Å². The summed E-state index contributed by atoms with van der Waals surface area (Å²) in [6.45, 7) is 6.48. The van der Waals surface area contributed by atoms with Gasteiger partial charge < -0.3 is 9.52 Å². The zero-order valence-electron chi connectivity index (χ0n) is 13.2. The molecule has 118 valence electrons. The molecule has 0 aliphatic carbocycles. The van der Waals surface area contributed by atoms with Crippen LogP contribution in [0.25, 0.3) is 11.0 Å². The van der Waals surface area contributed by atoms with Crippen LogP contribution in [0.2, 0.25) is 0 Å². The summed E-state index contributed by atoms with van der Waals surface area (Å²) in [5.74, 6) is 0.322. The van der Waals surface area contributed by atoms with Crippen LogP contribution in [0.3, 0.4) is 0 Å². The van der Waals surface area contributed by atoms with Gasteiger partial charge in [-0.1, -0.05) is 12.1 Å². The maximum atomic E-state index is 11.8. The highest BCUT2D eigenvalue weighted by Gasteiger charge is 2.24. The summed E-state index contributed by atoms with van der Waals surface area (Å²) in [7, 11) is 0. The molecule has 1 fully saturated rings. The third kappa shape index (κ3) is 3.23. The van der Waals surface area contributed by atoms with Gasteiger partial charge in [0.15, 0.2) is 0 Å². The van der Waals surface area contributed by atoms with E-state index >= 15 is 0 Å². The van der Waals surface area contributed by atoms with Gasteiger partial charge in [0.2, 0.25) is 0 Å². The van der Waals surface area contributed by atoms with Gasteiger partial charge in [-0.05, 0) is 56.3 Å². The van der Waals surface area contributed by atoms with Crippen LogP contribution in [0.15, 0.2) is 33.5 Å². The van der Waals surface area contributed by atoms with E-state index in [1.807, 2.05) is 32.0 Å². The third-order valence-electron chi connectivity index (χ3n) is 4.60. The van der Waals surface area contributed by atoms with Crippen molar-refractivity contribution < 1.29 is 9.52 Å². The van der Waals surface area contributed by atoms with Crippen LogP contribution in [0.5, 0.6) is 0 Å². The van der Waals surface area contributed by atoms with Crippen molar-refractivity contribution in [2.75, 3.05) is 13.1 Å². The first-order chi connectivity index (χ1) is 10.5. The summed E-state index contributed by atoms with van der Waals surface area (Å²) in [6, 6.07) is 7.58. The summed E-state index contributed by atoms with van der Waals surface area (Å²) >= 11 is 0. The van der Waals surface area contributed by atoms with E-state index < -0.39 is 0 Å². The smallest absolute Gasteiger partial charge is 0.336 e. The molecule has 2 aromatic rings. The second kappa shape index (κ2) is 6.23. The summed E-state index contributed by atoms with van der Waals surface area (Å²) in [4.78, 5) is 14.1. The third-order valence-corrected chi connectivity index (χ3v) is 4.60. The molecule has 2 heterocycles. The number of hydrogen-bond donors (Lipinski definition) is 1. The molecule has 0 bridgehead atoms. The normalized spacial score (nSPS) is 21.1. The van der Waals surface area contributed by atoms with Crippen LogP contribution in [-0.4, -0.2) is 29.2 Å². The number of nitrogens with zero attached hydrogens (tertiary/aromatic N) is 1. The van der Waals surface area contributed by atoms with Crippen LogP contribution < -0.4 is 5.63 Å². The van der Waals surface area contributed by atoms with Gasteiger partial charge in [0.1, 0.15) is 5.58 Å². The Morgan fingerprint density at radius 2 is 2.23 bits per heavy atom. The van der Waals surface area contributed by atoms with E-state index in [0.717, 1.165) is 49.0 Å². The minimum Gasteiger partial charge on any atom is -0.423 e. The van der Waals surface area contributed by atoms with Crippen molar-refractivity contribution in [3.63, 3.8) is 0 Å². The van der Waals surface area contributed by atoms with Crippen LogP contribution in [0, 0.1) is 12.8 Å². The van der Waals surface area contributed by atoms with Crippen LogP contribution in [0.1, 0.15) is 30.9 Å². The fourth-order valence-electron chi connectivity index (χ4n) is 3.34. The number of benzene rings is 1. The van der Waals surface area contributed by atoms with Gasteiger partial charge >= 0.3 is 5.63 Å². The summed E-state index contributed by atoms with van der Waals surface area (Å²) in [5, 5.41) is 10.8. The zero-order chi connectivity index (χ0) is 15.7. The molecule has 2 atom stereocenters. The topological polar surface area (TPSA) is 53.7 Å². The average molecular weight is 301 g/mol. The average Bonchev–Trinajstić information content (AvgIpc) is 2.46. The van der Waals surface area contributed by atoms with Gasteiger partial charge in [0.05, 0.1) is 6.10 Å². The van der Waals surface area contributed by atoms with E-state index in [0.29, 0.717) is 11.5 Å². The molecule has 2 unspecified atom stereocenters. The molecule has 0 radical (unpaired) electrons. The molecule has 4 nitrogen and oxygen atoms in total. The zero-order valence-corrected chi connectivity index (χ0v) is 13.2. The van der Waals surface area contributed by atoms with E-state index in [2.05, 4.69) is 4.90 Å². The molecule has 1 aliphatic heterocycles. The number of aliphatic hydroxyl groups is 1. The summed E-state index contributed by atoms with van der Waals surface area (Å²) in [5.41, 5.74) is 2.46. The standard InChI is InChI=1S/C18H23NO3/c1-12-5-6-16-15(9-18(21)22-17(16)8-12)11-19-7-3-4-14(10-19)13(2)20/h5-6,8-9,13-14,20H,3-4,7,10-11H2,1-2H3. The first-order valence-corrected chi connectivity index (χ1v) is 7.97. The Morgan fingerprint density at radius 1 is 1.41 bits per heavy atom. The Kier molecular flexibility index (Phi) is 4.32. The second-order valence-electron chi connectivity index (χ2n) is 6.47. The molecular formula is C18H23NO3. The lowest BCUT2D eigenvalue weighted by molar-refractivity contribution is 0.0600. The van der Waals surface area contributed by atoms with Crippen molar-refractivity contribution in [1.29, 1.82) is 0 Å². The minimum absolute atomic E-state index is 0.275. The van der Waals surface area contributed by atoms with Gasteiger partial charge in [0, 0.05) is 24.5 Å². The Labute approximate surface area is 130 Å². The fourth-order valence-corrected chi connectivity index (χ4v) is 3.34. The van der Waals surface area contributed by atoms with Crippen LogP contribution in [-0.2, 0) is 6.54 Å². The molecule has 0 spiro atoms. The predicted octanol–water partition coefficient (Wildman–Crippen LogP) is 2.69. The van der Waals surface area contributed by atoms with Crippen molar-refractivity contribution in [3.8, 4) is 0 Å². The molecule has 0 amide bonds. The molecule has 1 aliphatic rings. The van der Waals surface area contributed by atoms with Gasteiger partial charge in [-0.25, -0.2) is 4.79 Å². The fraction of sp³-hybridized carbons (Fsp3) is 0.500. The summed E-state index contributed by atoms with van der Waals surface area (Å²) < 4.78 is 5.32. The minimum atomic E-state index is -0.294. The number of rotatable bonds is 3. The molecule has 1 aromatic carbocycles. The Balaban J connectivity index is 1.88. The van der Waals surface area contributed by atoms with Gasteiger partial charge in [0.25, 0.3) is 0 Å². The van der Waals surface area contributed by atoms with Crippen molar-refractivity contribution >= 4 is 11.0 Å². The second-order valence-corrected chi connectivity index (χ2v) is 6.47. The highest BCUT2D eigenvalue weighted by molar-refractivity contribution is 5.80. The summed E-state index contributed by atoms with van der Waals surface area (Å²) in [6.07, 6.45) is 1.89.